The SMILES string of the molecule is COCCO/N=C1\Oc2ccccc2C1=O. The van der Waals surface area contributed by atoms with Crippen molar-refractivity contribution >= 4 is 11.7 Å². The van der Waals surface area contributed by atoms with Gasteiger partial charge in [-0.05, 0) is 17.3 Å². The first-order valence-electron chi connectivity index (χ1n) is 4.83. The van der Waals surface area contributed by atoms with Gasteiger partial charge >= 0.3 is 5.90 Å². The Morgan fingerprint density at radius 2 is 2.12 bits per heavy atom. The normalized spacial score (nSPS) is 16.1. The second-order valence-corrected chi connectivity index (χ2v) is 3.15. The zero-order chi connectivity index (χ0) is 11.4. The van der Waals surface area contributed by atoms with E-state index < -0.39 is 0 Å². The number of fused-ring (bicyclic) bond motifs is 1. The van der Waals surface area contributed by atoms with Gasteiger partial charge in [0.05, 0.1) is 12.2 Å². The maximum Gasteiger partial charge on any atom is 0.304 e. The summed E-state index contributed by atoms with van der Waals surface area (Å²) in [7, 11) is 1.56. The molecule has 0 unspecified atom stereocenters. The van der Waals surface area contributed by atoms with Crippen molar-refractivity contribution in [2.24, 2.45) is 5.16 Å². The van der Waals surface area contributed by atoms with Crippen LogP contribution in [0, 0.1) is 0 Å². The topological polar surface area (TPSA) is 57.1 Å². The number of rotatable bonds is 4. The van der Waals surface area contributed by atoms with Crippen molar-refractivity contribution in [1.29, 1.82) is 0 Å². The fraction of sp³-hybridized carbons (Fsp3) is 0.273. The summed E-state index contributed by atoms with van der Waals surface area (Å²) in [4.78, 5) is 16.6. The highest BCUT2D eigenvalue weighted by atomic mass is 16.7. The molecule has 0 saturated heterocycles. The van der Waals surface area contributed by atoms with Crippen molar-refractivity contribution in [3.63, 3.8) is 0 Å². The molecule has 0 amide bonds. The van der Waals surface area contributed by atoms with Crippen molar-refractivity contribution in [2.45, 2.75) is 0 Å². The average Bonchev–Trinajstić information content (AvgIpc) is 2.63. The molecule has 0 bridgehead atoms. The number of methoxy groups -OCH3 is 1. The summed E-state index contributed by atoms with van der Waals surface area (Å²) in [5.74, 6) is 0.229. The molecule has 1 aliphatic heterocycles. The van der Waals surface area contributed by atoms with Gasteiger partial charge in [-0.2, -0.15) is 0 Å². The lowest BCUT2D eigenvalue weighted by molar-refractivity contribution is 0.0715. The van der Waals surface area contributed by atoms with Gasteiger partial charge in [-0.25, -0.2) is 0 Å². The number of ether oxygens (including phenoxy) is 2. The van der Waals surface area contributed by atoms with E-state index in [1.54, 1.807) is 31.4 Å². The number of carbonyl (C=O) groups is 1. The van der Waals surface area contributed by atoms with E-state index in [0.29, 0.717) is 17.9 Å². The summed E-state index contributed by atoms with van der Waals surface area (Å²) < 4.78 is 10.0. The van der Waals surface area contributed by atoms with Crippen LogP contribution in [0.5, 0.6) is 5.75 Å². The monoisotopic (exact) mass is 221 g/mol. The molecule has 0 N–H and O–H groups in total. The number of benzene rings is 1. The van der Waals surface area contributed by atoms with E-state index in [-0.39, 0.29) is 18.3 Å². The van der Waals surface area contributed by atoms with Gasteiger partial charge in [-0.15, -0.1) is 0 Å². The minimum absolute atomic E-state index is 0.0303. The van der Waals surface area contributed by atoms with E-state index in [1.165, 1.54) is 0 Å². The molecule has 0 atom stereocenters. The van der Waals surface area contributed by atoms with E-state index in [4.69, 9.17) is 14.3 Å². The van der Waals surface area contributed by atoms with Crippen molar-refractivity contribution in [1.82, 2.24) is 0 Å². The highest BCUT2D eigenvalue weighted by molar-refractivity contribution is 6.46. The number of para-hydroxylation sites is 1. The van der Waals surface area contributed by atoms with Gasteiger partial charge in [0, 0.05) is 7.11 Å². The molecule has 5 heteroatoms. The lowest BCUT2D eigenvalue weighted by Gasteiger charge is -1.98. The fourth-order valence-electron chi connectivity index (χ4n) is 1.29. The molecule has 2 rings (SSSR count). The molecular weight excluding hydrogens is 210 g/mol. The molecule has 0 saturated carbocycles. The molecule has 0 spiro atoms. The van der Waals surface area contributed by atoms with E-state index in [2.05, 4.69) is 5.16 Å². The van der Waals surface area contributed by atoms with Crippen LogP contribution in [-0.4, -0.2) is 32.0 Å². The Morgan fingerprint density at radius 3 is 2.88 bits per heavy atom. The Bertz CT molecular complexity index is 428. The predicted octanol–water partition coefficient (Wildman–Crippen LogP) is 1.24. The number of ketones is 1. The van der Waals surface area contributed by atoms with E-state index in [9.17, 15) is 4.79 Å². The Balaban J connectivity index is 2.04. The van der Waals surface area contributed by atoms with Crippen LogP contribution in [0.4, 0.5) is 0 Å². The summed E-state index contributed by atoms with van der Waals surface area (Å²) in [6, 6.07) is 6.97. The maximum atomic E-state index is 11.7. The first-order chi connectivity index (χ1) is 7.83. The quantitative estimate of drug-likeness (QED) is 0.567. The summed E-state index contributed by atoms with van der Waals surface area (Å²) in [6.07, 6.45) is 0. The Labute approximate surface area is 92.6 Å². The van der Waals surface area contributed by atoms with E-state index >= 15 is 0 Å². The summed E-state index contributed by atoms with van der Waals surface area (Å²) >= 11 is 0. The lowest BCUT2D eigenvalue weighted by Crippen LogP contribution is -2.13. The molecule has 0 fully saturated rings. The van der Waals surface area contributed by atoms with Crippen LogP contribution < -0.4 is 4.74 Å². The number of hydrogen-bond acceptors (Lipinski definition) is 5. The number of oxime groups is 1. The molecule has 16 heavy (non-hydrogen) atoms. The van der Waals surface area contributed by atoms with Crippen LogP contribution in [0.1, 0.15) is 10.4 Å². The third-order valence-electron chi connectivity index (χ3n) is 2.06. The van der Waals surface area contributed by atoms with Gasteiger partial charge in [-0.3, -0.25) is 4.79 Å². The smallest absolute Gasteiger partial charge is 0.304 e. The molecule has 1 aromatic carbocycles. The first kappa shape index (κ1) is 10.6. The van der Waals surface area contributed by atoms with Gasteiger partial charge < -0.3 is 14.3 Å². The second kappa shape index (κ2) is 4.76. The fourth-order valence-corrected chi connectivity index (χ4v) is 1.29. The van der Waals surface area contributed by atoms with E-state index in [1.807, 2.05) is 0 Å². The number of carbonyl (C=O) groups excluding carboxylic acids is 1. The zero-order valence-electron chi connectivity index (χ0n) is 8.80. The number of Topliss-reactive ketones (excluding diaryl/α,β-unsaturated/α-hetero) is 1. The maximum absolute atomic E-state index is 11.7. The van der Waals surface area contributed by atoms with Crippen LogP contribution in [-0.2, 0) is 9.57 Å². The highest BCUT2D eigenvalue weighted by Gasteiger charge is 2.29. The standard InChI is InChI=1S/C11H11NO4/c1-14-6-7-15-12-11-10(13)8-4-2-3-5-9(8)16-11/h2-5H,6-7H2,1H3/b12-11-. The number of hydrogen-bond donors (Lipinski definition) is 0. The number of nitrogens with zero attached hydrogens (tertiary/aromatic N) is 1. The molecule has 1 heterocycles. The second-order valence-electron chi connectivity index (χ2n) is 3.15. The van der Waals surface area contributed by atoms with Gasteiger partial charge in [0.2, 0.25) is 0 Å². The van der Waals surface area contributed by atoms with Crippen molar-refractivity contribution in [3.8, 4) is 5.75 Å². The van der Waals surface area contributed by atoms with Crippen molar-refractivity contribution in [2.75, 3.05) is 20.3 Å². The molecule has 1 aromatic rings. The summed E-state index contributed by atoms with van der Waals surface area (Å²) in [5, 5.41) is 3.62. The van der Waals surface area contributed by atoms with Gasteiger partial charge in [0.25, 0.3) is 5.78 Å². The molecule has 0 aromatic heterocycles. The molecule has 5 nitrogen and oxygen atoms in total. The third-order valence-corrected chi connectivity index (χ3v) is 2.06. The van der Waals surface area contributed by atoms with Gasteiger partial charge in [0.1, 0.15) is 12.4 Å². The summed E-state index contributed by atoms with van der Waals surface area (Å²) in [5.41, 5.74) is 0.511. The highest BCUT2D eigenvalue weighted by Crippen LogP contribution is 2.25. The van der Waals surface area contributed by atoms with E-state index in [0.717, 1.165) is 0 Å². The van der Waals surface area contributed by atoms with Crippen LogP contribution >= 0.6 is 0 Å². The van der Waals surface area contributed by atoms with Gasteiger partial charge in [-0.1, -0.05) is 12.1 Å². The molecule has 84 valence electrons. The van der Waals surface area contributed by atoms with Crippen molar-refractivity contribution < 1.29 is 19.1 Å². The Morgan fingerprint density at radius 1 is 1.31 bits per heavy atom. The van der Waals surface area contributed by atoms with Crippen LogP contribution in [0.25, 0.3) is 0 Å². The van der Waals surface area contributed by atoms with Crippen LogP contribution in [0.2, 0.25) is 0 Å². The molecular formula is C11H11NO4. The van der Waals surface area contributed by atoms with Crippen molar-refractivity contribution in [3.05, 3.63) is 29.8 Å². The first-order valence-corrected chi connectivity index (χ1v) is 4.83. The summed E-state index contributed by atoms with van der Waals surface area (Å²) in [6.45, 7) is 0.699. The zero-order valence-corrected chi connectivity index (χ0v) is 8.80. The van der Waals surface area contributed by atoms with Crippen LogP contribution in [0.15, 0.2) is 29.4 Å². The minimum atomic E-state index is -0.256. The Hall–Kier alpha value is -1.88. The van der Waals surface area contributed by atoms with Gasteiger partial charge in [0.15, 0.2) is 0 Å². The average molecular weight is 221 g/mol. The predicted molar refractivity (Wildman–Crippen MR) is 56.7 cm³/mol. The molecule has 0 aliphatic carbocycles. The third kappa shape index (κ3) is 2.04. The van der Waals surface area contributed by atoms with Crippen LogP contribution in [0.3, 0.4) is 0 Å². The Kier molecular flexibility index (Phi) is 3.16. The molecule has 1 aliphatic rings. The largest absolute Gasteiger partial charge is 0.433 e. The lowest BCUT2D eigenvalue weighted by atomic mass is 10.1. The molecule has 0 radical (unpaired) electrons. The minimum Gasteiger partial charge on any atom is -0.433 e.